The van der Waals surface area contributed by atoms with Crippen LogP contribution in [-0.2, 0) is 9.59 Å². The molecule has 0 radical (unpaired) electrons. The van der Waals surface area contributed by atoms with E-state index >= 15 is 0 Å². The van der Waals surface area contributed by atoms with Crippen molar-refractivity contribution in [3.63, 3.8) is 0 Å². The maximum atomic E-state index is 12.0. The zero-order valence-corrected chi connectivity index (χ0v) is 12.6. The van der Waals surface area contributed by atoms with E-state index in [1.165, 1.54) is 35.7 Å². The summed E-state index contributed by atoms with van der Waals surface area (Å²) < 4.78 is 0. The van der Waals surface area contributed by atoms with Gasteiger partial charge in [0.25, 0.3) is 5.69 Å². The fraction of sp³-hybridized carbons (Fsp3) is 0.462. The largest absolute Gasteiger partial charge is 0.296 e. The quantitative estimate of drug-likeness (QED) is 0.623. The van der Waals surface area contributed by atoms with Gasteiger partial charge < -0.3 is 0 Å². The highest BCUT2D eigenvalue weighted by Gasteiger charge is 2.32. The van der Waals surface area contributed by atoms with Crippen LogP contribution in [0.1, 0.15) is 19.0 Å². The number of anilines is 1. The lowest BCUT2D eigenvalue weighted by atomic mass is 10.1. The molecule has 0 bridgehead atoms. The molecule has 2 rings (SSSR count). The lowest BCUT2D eigenvalue weighted by molar-refractivity contribution is -0.385. The van der Waals surface area contributed by atoms with Gasteiger partial charge in [-0.25, -0.2) is 4.98 Å². The third-order valence-corrected chi connectivity index (χ3v) is 4.29. The first-order chi connectivity index (χ1) is 9.88. The van der Waals surface area contributed by atoms with Gasteiger partial charge in [0, 0.05) is 31.7 Å². The Morgan fingerprint density at radius 3 is 2.86 bits per heavy atom. The topological polar surface area (TPSA) is 93.4 Å². The smallest absolute Gasteiger partial charge is 0.290 e. The molecule has 2 heterocycles. The number of rotatable bonds is 4. The van der Waals surface area contributed by atoms with E-state index in [9.17, 15) is 19.7 Å². The number of nitro groups is 1. The number of pyridine rings is 1. The first-order valence-electron chi connectivity index (χ1n) is 6.44. The van der Waals surface area contributed by atoms with E-state index in [1.54, 1.807) is 6.92 Å². The van der Waals surface area contributed by atoms with Crippen LogP contribution in [0.25, 0.3) is 0 Å². The second kappa shape index (κ2) is 6.21. The molecule has 0 saturated carbocycles. The SMILES string of the molecule is CC(=O)SCC1CC(=O)N(c2ccc([N+](=O)[O-])c(C)n2)C1. The summed E-state index contributed by atoms with van der Waals surface area (Å²) in [6, 6.07) is 2.85. The van der Waals surface area contributed by atoms with Gasteiger partial charge in [-0.3, -0.25) is 24.6 Å². The maximum absolute atomic E-state index is 12.0. The third-order valence-electron chi connectivity index (χ3n) is 3.24. The molecule has 1 fully saturated rings. The van der Waals surface area contributed by atoms with Crippen LogP contribution in [0.15, 0.2) is 12.1 Å². The third kappa shape index (κ3) is 3.57. The molecule has 1 aliphatic rings. The monoisotopic (exact) mass is 309 g/mol. The highest BCUT2D eigenvalue weighted by Crippen LogP contribution is 2.28. The molecule has 1 aromatic heterocycles. The van der Waals surface area contributed by atoms with Gasteiger partial charge in [0.2, 0.25) is 5.91 Å². The van der Waals surface area contributed by atoms with Crippen molar-refractivity contribution in [3.05, 3.63) is 27.9 Å². The molecular formula is C13H15N3O4S. The van der Waals surface area contributed by atoms with E-state index in [-0.39, 0.29) is 28.3 Å². The van der Waals surface area contributed by atoms with Crippen LogP contribution in [-0.4, -0.2) is 33.2 Å². The summed E-state index contributed by atoms with van der Waals surface area (Å²) in [5.74, 6) is 1.07. The van der Waals surface area contributed by atoms with Crippen LogP contribution in [0.4, 0.5) is 11.5 Å². The second-order valence-electron chi connectivity index (χ2n) is 4.91. The number of aryl methyl sites for hydroxylation is 1. The summed E-state index contributed by atoms with van der Waals surface area (Å²) in [5.41, 5.74) is 0.223. The number of aromatic nitrogens is 1. The van der Waals surface area contributed by atoms with Crippen LogP contribution in [0.5, 0.6) is 0 Å². The Kier molecular flexibility index (Phi) is 4.56. The standard InChI is InChI=1S/C13H15N3O4S/c1-8-11(16(19)20)3-4-12(14-8)15-6-10(5-13(15)18)7-21-9(2)17/h3-4,10H,5-7H2,1-2H3. The van der Waals surface area contributed by atoms with Gasteiger partial charge in [0.05, 0.1) is 4.92 Å². The molecule has 1 aliphatic heterocycles. The van der Waals surface area contributed by atoms with Gasteiger partial charge >= 0.3 is 0 Å². The number of hydrogen-bond donors (Lipinski definition) is 0. The molecule has 1 aromatic rings. The van der Waals surface area contributed by atoms with E-state index in [2.05, 4.69) is 4.98 Å². The van der Waals surface area contributed by atoms with Crippen molar-refractivity contribution in [1.29, 1.82) is 0 Å². The Labute approximate surface area is 125 Å². The Balaban J connectivity index is 2.12. The minimum absolute atomic E-state index is 0.0326. The van der Waals surface area contributed by atoms with Crippen LogP contribution in [0.3, 0.4) is 0 Å². The molecule has 0 spiro atoms. The summed E-state index contributed by atoms with van der Waals surface area (Å²) in [6.45, 7) is 3.54. The molecule has 112 valence electrons. The van der Waals surface area contributed by atoms with Crippen molar-refractivity contribution in [2.75, 3.05) is 17.2 Å². The predicted octanol–water partition coefficient (Wildman–Crippen LogP) is 1.93. The summed E-state index contributed by atoms with van der Waals surface area (Å²) in [7, 11) is 0. The number of carbonyl (C=O) groups is 2. The maximum Gasteiger partial charge on any atom is 0.290 e. The first-order valence-corrected chi connectivity index (χ1v) is 7.43. The van der Waals surface area contributed by atoms with Gasteiger partial charge in [-0.2, -0.15) is 0 Å². The van der Waals surface area contributed by atoms with Crippen LogP contribution >= 0.6 is 11.8 Å². The molecule has 1 atom stereocenters. The number of amides is 1. The second-order valence-corrected chi connectivity index (χ2v) is 6.11. The molecule has 8 heteroatoms. The van der Waals surface area contributed by atoms with Crippen LogP contribution in [0.2, 0.25) is 0 Å². The van der Waals surface area contributed by atoms with Crippen LogP contribution < -0.4 is 4.90 Å². The molecule has 1 amide bonds. The lowest BCUT2D eigenvalue weighted by Gasteiger charge is -2.15. The Morgan fingerprint density at radius 2 is 2.29 bits per heavy atom. The van der Waals surface area contributed by atoms with E-state index in [1.807, 2.05) is 0 Å². The van der Waals surface area contributed by atoms with Gasteiger partial charge in [-0.1, -0.05) is 11.8 Å². The highest BCUT2D eigenvalue weighted by molar-refractivity contribution is 8.13. The van der Waals surface area contributed by atoms with Crippen molar-refractivity contribution < 1.29 is 14.5 Å². The summed E-state index contributed by atoms with van der Waals surface area (Å²) in [6.07, 6.45) is 0.373. The minimum Gasteiger partial charge on any atom is -0.296 e. The Bertz CT molecular complexity index is 605. The molecular weight excluding hydrogens is 294 g/mol. The Hall–Kier alpha value is -1.96. The van der Waals surface area contributed by atoms with E-state index < -0.39 is 4.92 Å². The fourth-order valence-electron chi connectivity index (χ4n) is 2.23. The minimum atomic E-state index is -0.496. The van der Waals surface area contributed by atoms with Crippen molar-refractivity contribution in [2.24, 2.45) is 5.92 Å². The molecule has 1 saturated heterocycles. The van der Waals surface area contributed by atoms with Crippen LogP contribution in [0, 0.1) is 23.0 Å². The average molecular weight is 309 g/mol. The van der Waals surface area contributed by atoms with Crippen molar-refractivity contribution in [2.45, 2.75) is 20.3 Å². The van der Waals surface area contributed by atoms with Crippen molar-refractivity contribution in [1.82, 2.24) is 4.98 Å². The van der Waals surface area contributed by atoms with Crippen molar-refractivity contribution in [3.8, 4) is 0 Å². The van der Waals surface area contributed by atoms with Gasteiger partial charge in [0.1, 0.15) is 11.5 Å². The molecule has 21 heavy (non-hydrogen) atoms. The number of carbonyl (C=O) groups excluding carboxylic acids is 2. The summed E-state index contributed by atoms with van der Waals surface area (Å²) in [4.78, 5) is 38.9. The normalized spacial score (nSPS) is 18.1. The van der Waals surface area contributed by atoms with Gasteiger partial charge in [-0.05, 0) is 18.9 Å². The predicted molar refractivity (Wildman–Crippen MR) is 79.2 cm³/mol. The average Bonchev–Trinajstić information content (AvgIpc) is 2.77. The fourth-order valence-corrected chi connectivity index (χ4v) is 2.93. The molecule has 0 aliphatic carbocycles. The molecule has 0 N–H and O–H groups in total. The first kappa shape index (κ1) is 15.4. The lowest BCUT2D eigenvalue weighted by Crippen LogP contribution is -2.26. The van der Waals surface area contributed by atoms with Gasteiger partial charge in [0.15, 0.2) is 5.12 Å². The highest BCUT2D eigenvalue weighted by atomic mass is 32.2. The zero-order valence-electron chi connectivity index (χ0n) is 11.7. The van der Waals surface area contributed by atoms with Gasteiger partial charge in [-0.15, -0.1) is 0 Å². The number of thioether (sulfide) groups is 1. The summed E-state index contributed by atoms with van der Waals surface area (Å²) >= 11 is 1.21. The van der Waals surface area contributed by atoms with E-state index in [0.29, 0.717) is 24.5 Å². The van der Waals surface area contributed by atoms with E-state index in [0.717, 1.165) is 0 Å². The number of nitrogens with zero attached hydrogens (tertiary/aromatic N) is 3. The molecule has 7 nitrogen and oxygen atoms in total. The number of hydrogen-bond acceptors (Lipinski definition) is 6. The Morgan fingerprint density at radius 1 is 1.57 bits per heavy atom. The molecule has 0 aromatic carbocycles. The zero-order chi connectivity index (χ0) is 15.6. The van der Waals surface area contributed by atoms with Crippen molar-refractivity contribution >= 4 is 34.3 Å². The summed E-state index contributed by atoms with van der Waals surface area (Å²) in [5, 5.41) is 10.8. The van der Waals surface area contributed by atoms with E-state index in [4.69, 9.17) is 0 Å². The molecule has 1 unspecified atom stereocenters.